The molecule has 0 radical (unpaired) electrons. The number of hydrogen-bond acceptors (Lipinski definition) is 3. The van der Waals surface area contributed by atoms with Gasteiger partial charge in [-0.3, -0.25) is 4.79 Å². The number of amides is 1. The molecule has 1 saturated carbocycles. The first-order chi connectivity index (χ1) is 12.2. The summed E-state index contributed by atoms with van der Waals surface area (Å²) in [6, 6.07) is 14.4. The van der Waals surface area contributed by atoms with Gasteiger partial charge in [-0.2, -0.15) is 0 Å². The zero-order valence-corrected chi connectivity index (χ0v) is 15.2. The number of thiazole rings is 1. The van der Waals surface area contributed by atoms with Gasteiger partial charge in [0.15, 0.2) is 0 Å². The third-order valence-electron chi connectivity index (χ3n) is 4.92. The second kappa shape index (κ2) is 6.96. The van der Waals surface area contributed by atoms with Crippen LogP contribution in [-0.2, 0) is 4.79 Å². The van der Waals surface area contributed by atoms with Crippen molar-refractivity contribution in [3.8, 4) is 10.6 Å². The average Bonchev–Trinajstić information content (AvgIpc) is 3.06. The van der Waals surface area contributed by atoms with E-state index >= 15 is 0 Å². The summed E-state index contributed by atoms with van der Waals surface area (Å²) in [5, 5.41) is 4.09. The van der Waals surface area contributed by atoms with Crippen LogP contribution < -0.4 is 5.32 Å². The Kier molecular flexibility index (Phi) is 4.53. The normalized spacial score (nSPS) is 15.4. The van der Waals surface area contributed by atoms with Gasteiger partial charge in [0.1, 0.15) is 5.01 Å². The highest BCUT2D eigenvalue weighted by molar-refractivity contribution is 7.21. The second-order valence-electron chi connectivity index (χ2n) is 6.89. The zero-order chi connectivity index (χ0) is 17.2. The number of rotatable bonds is 3. The van der Waals surface area contributed by atoms with Gasteiger partial charge in [-0.15, -0.1) is 11.3 Å². The molecule has 0 spiro atoms. The van der Waals surface area contributed by atoms with E-state index in [0.717, 1.165) is 34.6 Å². The van der Waals surface area contributed by atoms with Gasteiger partial charge in [0.05, 0.1) is 10.2 Å². The van der Waals surface area contributed by atoms with Crippen LogP contribution >= 0.6 is 11.3 Å². The average molecular weight is 350 g/mol. The summed E-state index contributed by atoms with van der Waals surface area (Å²) in [5.41, 5.74) is 4.26. The molecule has 0 saturated heterocycles. The van der Waals surface area contributed by atoms with Crippen LogP contribution in [0.4, 0.5) is 5.69 Å². The van der Waals surface area contributed by atoms with E-state index in [1.807, 2.05) is 24.3 Å². The molecule has 0 unspecified atom stereocenters. The Labute approximate surface area is 152 Å². The van der Waals surface area contributed by atoms with Crippen LogP contribution in [0.25, 0.3) is 20.8 Å². The number of aryl methyl sites for hydroxylation is 1. The second-order valence-corrected chi connectivity index (χ2v) is 7.92. The van der Waals surface area contributed by atoms with Crippen LogP contribution in [0.5, 0.6) is 0 Å². The van der Waals surface area contributed by atoms with Gasteiger partial charge in [-0.25, -0.2) is 4.98 Å². The van der Waals surface area contributed by atoms with Crippen LogP contribution in [0.1, 0.15) is 37.7 Å². The van der Waals surface area contributed by atoms with E-state index in [2.05, 4.69) is 30.4 Å². The maximum Gasteiger partial charge on any atom is 0.227 e. The Morgan fingerprint density at radius 1 is 1.08 bits per heavy atom. The number of aromatic nitrogens is 1. The highest BCUT2D eigenvalue weighted by atomic mass is 32.1. The Morgan fingerprint density at radius 3 is 2.60 bits per heavy atom. The Hall–Kier alpha value is -2.20. The summed E-state index contributed by atoms with van der Waals surface area (Å²) in [7, 11) is 0. The smallest absolute Gasteiger partial charge is 0.227 e. The number of anilines is 1. The molecule has 25 heavy (non-hydrogen) atoms. The van der Waals surface area contributed by atoms with Gasteiger partial charge in [-0.1, -0.05) is 25.3 Å². The number of nitrogens with one attached hydrogen (secondary N) is 1. The molecule has 1 N–H and O–H groups in total. The van der Waals surface area contributed by atoms with Crippen molar-refractivity contribution in [2.75, 3.05) is 5.32 Å². The fourth-order valence-corrected chi connectivity index (χ4v) is 4.53. The molecular formula is C21H22N2OS. The van der Waals surface area contributed by atoms with Crippen molar-refractivity contribution < 1.29 is 4.79 Å². The van der Waals surface area contributed by atoms with Crippen molar-refractivity contribution in [3.63, 3.8) is 0 Å². The van der Waals surface area contributed by atoms with Crippen molar-refractivity contribution in [2.24, 2.45) is 5.92 Å². The molecule has 128 valence electrons. The summed E-state index contributed by atoms with van der Waals surface area (Å²) < 4.78 is 1.21. The minimum Gasteiger partial charge on any atom is -0.326 e. The van der Waals surface area contributed by atoms with E-state index in [0.29, 0.717) is 0 Å². The molecular weight excluding hydrogens is 328 g/mol. The zero-order valence-electron chi connectivity index (χ0n) is 14.4. The molecule has 3 nitrogen and oxygen atoms in total. The Bertz CT molecular complexity index is 892. The maximum absolute atomic E-state index is 12.4. The lowest BCUT2D eigenvalue weighted by Crippen LogP contribution is -2.24. The summed E-state index contributed by atoms with van der Waals surface area (Å²) in [5.74, 6) is 0.351. The van der Waals surface area contributed by atoms with Crippen molar-refractivity contribution >= 4 is 33.1 Å². The van der Waals surface area contributed by atoms with Crippen LogP contribution in [-0.4, -0.2) is 10.9 Å². The molecule has 4 rings (SSSR count). The summed E-state index contributed by atoms with van der Waals surface area (Å²) in [4.78, 5) is 17.1. The molecule has 1 heterocycles. The maximum atomic E-state index is 12.4. The molecule has 0 aliphatic heterocycles. The van der Waals surface area contributed by atoms with Crippen LogP contribution in [0.15, 0.2) is 42.5 Å². The number of nitrogens with zero attached hydrogens (tertiary/aromatic N) is 1. The van der Waals surface area contributed by atoms with Gasteiger partial charge in [0.2, 0.25) is 5.91 Å². The Balaban J connectivity index is 1.49. The van der Waals surface area contributed by atoms with Gasteiger partial charge in [-0.05, 0) is 61.7 Å². The summed E-state index contributed by atoms with van der Waals surface area (Å²) in [6.07, 6.45) is 5.66. The number of hydrogen-bond donors (Lipinski definition) is 1. The minimum absolute atomic E-state index is 0.169. The van der Waals surface area contributed by atoms with Crippen LogP contribution in [0.3, 0.4) is 0 Å². The van der Waals surface area contributed by atoms with E-state index in [4.69, 9.17) is 4.98 Å². The summed E-state index contributed by atoms with van der Waals surface area (Å²) in [6.45, 7) is 2.10. The van der Waals surface area contributed by atoms with Crippen molar-refractivity contribution in [3.05, 3.63) is 48.0 Å². The molecule has 3 aromatic rings. The fourth-order valence-electron chi connectivity index (χ4n) is 3.46. The predicted octanol–water partition coefficient (Wildman–Crippen LogP) is 5.79. The van der Waals surface area contributed by atoms with E-state index in [9.17, 15) is 4.79 Å². The quantitative estimate of drug-likeness (QED) is 0.649. The third-order valence-corrected chi connectivity index (χ3v) is 5.99. The van der Waals surface area contributed by atoms with E-state index in [1.165, 1.54) is 29.5 Å². The molecule has 2 aromatic carbocycles. The van der Waals surface area contributed by atoms with Crippen molar-refractivity contribution in [2.45, 2.75) is 39.0 Å². The number of benzene rings is 2. The van der Waals surface area contributed by atoms with E-state index in [1.54, 1.807) is 11.3 Å². The van der Waals surface area contributed by atoms with Gasteiger partial charge in [0, 0.05) is 17.2 Å². The van der Waals surface area contributed by atoms with Crippen molar-refractivity contribution in [1.29, 1.82) is 0 Å². The van der Waals surface area contributed by atoms with E-state index < -0.39 is 0 Å². The summed E-state index contributed by atoms with van der Waals surface area (Å²) >= 11 is 1.71. The fraction of sp³-hybridized carbons (Fsp3) is 0.333. The SMILES string of the molecule is Cc1ccc2nc(-c3ccc(NC(=O)C4CCCCC4)cc3)sc2c1. The van der Waals surface area contributed by atoms with E-state index in [-0.39, 0.29) is 11.8 Å². The lowest BCUT2D eigenvalue weighted by molar-refractivity contribution is -0.120. The van der Waals surface area contributed by atoms with Gasteiger partial charge >= 0.3 is 0 Å². The number of carbonyl (C=O) groups is 1. The molecule has 4 heteroatoms. The molecule has 1 amide bonds. The highest BCUT2D eigenvalue weighted by Crippen LogP contribution is 2.31. The molecule has 1 fully saturated rings. The van der Waals surface area contributed by atoms with Crippen LogP contribution in [0, 0.1) is 12.8 Å². The first-order valence-corrected chi connectivity index (χ1v) is 9.79. The lowest BCUT2D eigenvalue weighted by Gasteiger charge is -2.20. The number of carbonyl (C=O) groups excluding carboxylic acids is 1. The standard InChI is InChI=1S/C21H22N2OS/c1-14-7-12-18-19(13-14)25-21(23-18)16-8-10-17(11-9-16)22-20(24)15-5-3-2-4-6-15/h7-13,15H,2-6H2,1H3,(H,22,24). The highest BCUT2D eigenvalue weighted by Gasteiger charge is 2.21. The first kappa shape index (κ1) is 16.3. The van der Waals surface area contributed by atoms with Gasteiger partial charge < -0.3 is 5.32 Å². The lowest BCUT2D eigenvalue weighted by atomic mass is 9.88. The largest absolute Gasteiger partial charge is 0.326 e. The first-order valence-electron chi connectivity index (χ1n) is 8.97. The van der Waals surface area contributed by atoms with Crippen LogP contribution in [0.2, 0.25) is 0 Å². The van der Waals surface area contributed by atoms with Gasteiger partial charge in [0.25, 0.3) is 0 Å². The monoisotopic (exact) mass is 350 g/mol. The molecule has 1 aromatic heterocycles. The third kappa shape index (κ3) is 3.59. The topological polar surface area (TPSA) is 42.0 Å². The molecule has 1 aliphatic carbocycles. The molecule has 1 aliphatic rings. The predicted molar refractivity (Wildman–Crippen MR) is 105 cm³/mol. The van der Waals surface area contributed by atoms with Crippen molar-refractivity contribution in [1.82, 2.24) is 4.98 Å². The molecule has 0 atom stereocenters. The number of fused-ring (bicyclic) bond motifs is 1. The minimum atomic E-state index is 0.169. The molecule has 0 bridgehead atoms. The Morgan fingerprint density at radius 2 is 1.84 bits per heavy atom.